The van der Waals surface area contributed by atoms with E-state index in [4.69, 9.17) is 0 Å². The first-order valence-corrected chi connectivity index (χ1v) is 10.5. The molecule has 0 bridgehead atoms. The van der Waals surface area contributed by atoms with Crippen LogP contribution in [-0.4, -0.2) is 62.8 Å². The Kier molecular flexibility index (Phi) is 5.76. The molecule has 2 aliphatic rings. The van der Waals surface area contributed by atoms with Crippen molar-refractivity contribution in [1.29, 1.82) is 0 Å². The minimum Gasteiger partial charge on any atom is -0.337 e. The van der Waals surface area contributed by atoms with Crippen LogP contribution in [0, 0.1) is 6.92 Å². The first-order chi connectivity index (χ1) is 12.0. The van der Waals surface area contributed by atoms with Crippen LogP contribution in [0.1, 0.15) is 41.6 Å². The maximum atomic E-state index is 12.9. The fraction of sp³-hybridized carbons (Fsp3) is 0.611. The summed E-state index contributed by atoms with van der Waals surface area (Å²) in [4.78, 5) is 15.0. The minimum absolute atomic E-state index is 0.0723. The Morgan fingerprint density at radius 3 is 2.52 bits per heavy atom. The van der Waals surface area contributed by atoms with E-state index in [9.17, 15) is 13.2 Å². The van der Waals surface area contributed by atoms with E-state index >= 15 is 0 Å². The van der Waals surface area contributed by atoms with Gasteiger partial charge in [-0.25, -0.2) is 8.42 Å². The Bertz CT molecular complexity index is 719. The van der Waals surface area contributed by atoms with E-state index in [1.54, 1.807) is 22.5 Å². The number of rotatable bonds is 3. The number of sulfonamides is 1. The zero-order chi connectivity index (χ0) is 17.9. The van der Waals surface area contributed by atoms with Crippen molar-refractivity contribution in [2.75, 3.05) is 39.3 Å². The van der Waals surface area contributed by atoms with Gasteiger partial charge in [-0.1, -0.05) is 12.5 Å². The number of hydrogen-bond donors (Lipinski definition) is 1. The lowest BCUT2D eigenvalue weighted by atomic mass is 10.1. The Morgan fingerprint density at radius 1 is 1.00 bits per heavy atom. The zero-order valence-corrected chi connectivity index (χ0v) is 15.6. The molecule has 2 fully saturated rings. The van der Waals surface area contributed by atoms with Crippen molar-refractivity contribution in [3.05, 3.63) is 29.3 Å². The van der Waals surface area contributed by atoms with E-state index in [0.717, 1.165) is 44.3 Å². The Hall–Kier alpha value is -1.44. The van der Waals surface area contributed by atoms with Gasteiger partial charge in [0.2, 0.25) is 10.0 Å². The number of carbonyl (C=O) groups is 1. The van der Waals surface area contributed by atoms with E-state index in [0.29, 0.717) is 31.7 Å². The van der Waals surface area contributed by atoms with Crippen molar-refractivity contribution in [2.24, 2.45) is 0 Å². The van der Waals surface area contributed by atoms with Crippen LogP contribution in [0.4, 0.5) is 0 Å². The summed E-state index contributed by atoms with van der Waals surface area (Å²) in [7, 11) is -3.52. The molecular weight excluding hydrogens is 338 g/mol. The van der Waals surface area contributed by atoms with Crippen LogP contribution in [0.25, 0.3) is 0 Å². The number of nitrogens with one attached hydrogen (secondary N) is 1. The average molecular weight is 365 g/mol. The lowest BCUT2D eigenvalue weighted by Crippen LogP contribution is -2.36. The van der Waals surface area contributed by atoms with E-state index in [1.165, 1.54) is 0 Å². The normalized spacial score (nSPS) is 20.3. The monoisotopic (exact) mass is 365 g/mol. The number of aryl methyl sites for hydroxylation is 1. The van der Waals surface area contributed by atoms with Crippen LogP contribution in [-0.2, 0) is 10.0 Å². The SMILES string of the molecule is Cc1ccc(S(=O)(=O)N2CCCCC2)cc1C(=O)N1CCCNCC1. The Balaban J connectivity index is 1.88. The molecule has 0 unspecified atom stereocenters. The maximum Gasteiger partial charge on any atom is 0.254 e. The maximum absolute atomic E-state index is 12.9. The van der Waals surface area contributed by atoms with Gasteiger partial charge in [0.15, 0.2) is 0 Å². The molecule has 0 saturated carbocycles. The molecule has 1 aromatic rings. The lowest BCUT2D eigenvalue weighted by Gasteiger charge is -2.26. The second kappa shape index (κ2) is 7.85. The van der Waals surface area contributed by atoms with Gasteiger partial charge in [-0.15, -0.1) is 0 Å². The number of hydrogen-bond acceptors (Lipinski definition) is 4. The summed E-state index contributed by atoms with van der Waals surface area (Å²) < 4.78 is 27.3. The standard InChI is InChI=1S/C18H27N3O3S/c1-15-6-7-16(25(23,24)21-11-3-2-4-12-21)14-17(15)18(22)20-10-5-8-19-9-13-20/h6-7,14,19H,2-5,8-13H2,1H3. The van der Waals surface area contributed by atoms with Gasteiger partial charge in [-0.3, -0.25) is 4.79 Å². The summed E-state index contributed by atoms with van der Waals surface area (Å²) in [6.07, 6.45) is 3.79. The molecule has 2 heterocycles. The Labute approximate surface area is 150 Å². The van der Waals surface area contributed by atoms with Crippen LogP contribution < -0.4 is 5.32 Å². The van der Waals surface area contributed by atoms with Gasteiger partial charge in [0.05, 0.1) is 4.90 Å². The topological polar surface area (TPSA) is 69.7 Å². The summed E-state index contributed by atoms with van der Waals surface area (Å²) in [5.41, 5.74) is 1.32. The fourth-order valence-corrected chi connectivity index (χ4v) is 5.01. The molecular formula is C18H27N3O3S. The van der Waals surface area contributed by atoms with Crippen molar-refractivity contribution < 1.29 is 13.2 Å². The third-order valence-corrected chi connectivity index (χ3v) is 6.91. The number of piperidine rings is 1. The predicted octanol–water partition coefficient (Wildman–Crippen LogP) is 1.61. The Morgan fingerprint density at radius 2 is 1.76 bits per heavy atom. The molecule has 25 heavy (non-hydrogen) atoms. The molecule has 1 amide bonds. The molecule has 0 aliphatic carbocycles. The van der Waals surface area contributed by atoms with Gasteiger partial charge >= 0.3 is 0 Å². The molecule has 0 radical (unpaired) electrons. The number of nitrogens with zero attached hydrogens (tertiary/aromatic N) is 2. The quantitative estimate of drug-likeness (QED) is 0.883. The van der Waals surface area contributed by atoms with E-state index in [-0.39, 0.29) is 10.8 Å². The van der Waals surface area contributed by atoms with Gasteiger partial charge in [0.25, 0.3) is 5.91 Å². The van der Waals surface area contributed by atoms with Gasteiger partial charge in [-0.2, -0.15) is 4.31 Å². The number of benzene rings is 1. The lowest BCUT2D eigenvalue weighted by molar-refractivity contribution is 0.0765. The third-order valence-electron chi connectivity index (χ3n) is 5.02. The molecule has 1 N–H and O–H groups in total. The average Bonchev–Trinajstić information content (AvgIpc) is 2.91. The summed E-state index contributed by atoms with van der Waals surface area (Å²) in [5, 5.41) is 3.28. The minimum atomic E-state index is -3.52. The van der Waals surface area contributed by atoms with Crippen LogP contribution in [0.3, 0.4) is 0 Å². The molecule has 0 atom stereocenters. The second-order valence-corrected chi connectivity index (χ2v) is 8.78. The van der Waals surface area contributed by atoms with E-state index in [2.05, 4.69) is 5.32 Å². The van der Waals surface area contributed by atoms with Crippen LogP contribution in [0.15, 0.2) is 23.1 Å². The predicted molar refractivity (Wildman–Crippen MR) is 97.2 cm³/mol. The van der Waals surface area contributed by atoms with Crippen molar-refractivity contribution in [2.45, 2.75) is 37.5 Å². The van der Waals surface area contributed by atoms with E-state index < -0.39 is 10.0 Å². The number of carbonyl (C=O) groups excluding carboxylic acids is 1. The highest BCUT2D eigenvalue weighted by Crippen LogP contribution is 2.23. The molecule has 2 saturated heterocycles. The van der Waals surface area contributed by atoms with Crippen LogP contribution in [0.2, 0.25) is 0 Å². The highest BCUT2D eigenvalue weighted by atomic mass is 32.2. The molecule has 138 valence electrons. The molecule has 0 spiro atoms. The molecule has 1 aromatic carbocycles. The van der Waals surface area contributed by atoms with Crippen LogP contribution >= 0.6 is 0 Å². The summed E-state index contributed by atoms with van der Waals surface area (Å²) in [6.45, 7) is 6.04. The molecule has 0 aromatic heterocycles. The van der Waals surface area contributed by atoms with Gasteiger partial charge in [0.1, 0.15) is 0 Å². The first-order valence-electron chi connectivity index (χ1n) is 9.11. The van der Waals surface area contributed by atoms with Crippen molar-refractivity contribution in [1.82, 2.24) is 14.5 Å². The summed E-state index contributed by atoms with van der Waals surface area (Å²) in [5.74, 6) is -0.0723. The zero-order valence-electron chi connectivity index (χ0n) is 14.8. The van der Waals surface area contributed by atoms with Gasteiger partial charge in [0, 0.05) is 38.3 Å². The first kappa shape index (κ1) is 18.4. The van der Waals surface area contributed by atoms with Gasteiger partial charge in [-0.05, 0) is 50.4 Å². The molecule has 2 aliphatic heterocycles. The summed E-state index contributed by atoms with van der Waals surface area (Å²) >= 11 is 0. The largest absolute Gasteiger partial charge is 0.337 e. The molecule has 6 nitrogen and oxygen atoms in total. The van der Waals surface area contributed by atoms with E-state index in [1.807, 2.05) is 11.8 Å². The smallest absolute Gasteiger partial charge is 0.254 e. The fourth-order valence-electron chi connectivity index (χ4n) is 3.47. The third kappa shape index (κ3) is 4.04. The van der Waals surface area contributed by atoms with Gasteiger partial charge < -0.3 is 10.2 Å². The second-order valence-electron chi connectivity index (χ2n) is 6.84. The van der Waals surface area contributed by atoms with Crippen molar-refractivity contribution in [3.63, 3.8) is 0 Å². The molecule has 3 rings (SSSR count). The van der Waals surface area contributed by atoms with Crippen molar-refractivity contribution >= 4 is 15.9 Å². The summed E-state index contributed by atoms with van der Waals surface area (Å²) in [6, 6.07) is 4.94. The molecule has 7 heteroatoms. The van der Waals surface area contributed by atoms with Crippen molar-refractivity contribution in [3.8, 4) is 0 Å². The van der Waals surface area contributed by atoms with Crippen LogP contribution in [0.5, 0.6) is 0 Å². The number of amides is 1. The highest BCUT2D eigenvalue weighted by molar-refractivity contribution is 7.89. The highest BCUT2D eigenvalue weighted by Gasteiger charge is 2.28.